The van der Waals surface area contributed by atoms with E-state index >= 15 is 0 Å². The summed E-state index contributed by atoms with van der Waals surface area (Å²) < 4.78 is 30.9. The van der Waals surface area contributed by atoms with E-state index in [1.807, 2.05) is 0 Å². The van der Waals surface area contributed by atoms with Crippen LogP contribution >= 0.6 is 22.8 Å². The topological polar surface area (TPSA) is 190 Å². The molecule has 0 aromatic heterocycles. The third-order valence-corrected chi connectivity index (χ3v) is 3.38. The van der Waals surface area contributed by atoms with Crippen molar-refractivity contribution in [3.05, 3.63) is 0 Å². The van der Waals surface area contributed by atoms with Crippen molar-refractivity contribution >= 4 is 22.8 Å². The molecular weight excluding hydrogens is 414 g/mol. The molecule has 0 aliphatic carbocycles. The zero-order valence-electron chi connectivity index (χ0n) is 12.6. The summed E-state index contributed by atoms with van der Waals surface area (Å²) >= 11 is 0. The Morgan fingerprint density at radius 2 is 0.909 bits per heavy atom. The molecule has 0 spiro atoms. The number of nitrogens with zero attached hydrogens (tertiary/aromatic N) is 1. The molecular formula is C4H11NNa5O9P3. The fourth-order valence-electron chi connectivity index (χ4n) is 0.877. The Balaban J connectivity index is -0.0000000750. The van der Waals surface area contributed by atoms with Crippen LogP contribution in [0.25, 0.3) is 0 Å². The molecule has 0 aliphatic rings. The van der Waals surface area contributed by atoms with E-state index in [-0.39, 0.29) is 160 Å². The molecule has 10 nitrogen and oxygen atoms in total. The second-order valence-corrected chi connectivity index (χ2v) is 7.52. The Labute approximate surface area is 240 Å². The average molecular weight is 425 g/mol. The summed E-state index contributed by atoms with van der Waals surface area (Å²) in [6.45, 7) is 0. The largest absolute Gasteiger partial charge is 1.00 e. The van der Waals surface area contributed by atoms with Gasteiger partial charge in [0.15, 0.2) is 0 Å². The summed E-state index contributed by atoms with van der Waals surface area (Å²) in [5.41, 5.74) is 0. The van der Waals surface area contributed by atoms with Gasteiger partial charge in [0.1, 0.15) is 7.60 Å². The van der Waals surface area contributed by atoms with Gasteiger partial charge in [-0.1, -0.05) is 22.6 Å². The molecule has 0 radical (unpaired) electrons. The predicted octanol–water partition coefficient (Wildman–Crippen LogP) is -18.8. The fourth-order valence-corrected chi connectivity index (χ4v) is 3.44. The van der Waals surface area contributed by atoms with E-state index < -0.39 is 41.6 Å². The smallest absolute Gasteiger partial charge is 0.810 e. The molecule has 18 heteroatoms. The SMILES string of the molecule is C.O=P([O-])([O-])CN(CP(=O)([O-])[O-])CP(=O)([O-])O.[Na+].[Na+].[Na+].[Na+].[Na+]. The summed E-state index contributed by atoms with van der Waals surface area (Å²) in [6.07, 6.45) is -4.36. The Bertz CT molecular complexity index is 324. The first-order chi connectivity index (χ1) is 6.79. The van der Waals surface area contributed by atoms with Crippen LogP contribution < -0.4 is 172 Å². The van der Waals surface area contributed by atoms with Crippen LogP contribution in [0.1, 0.15) is 7.43 Å². The van der Waals surface area contributed by atoms with Crippen LogP contribution in [0.5, 0.6) is 0 Å². The minimum Gasteiger partial charge on any atom is -0.810 e. The second-order valence-electron chi connectivity index (χ2n) is 2.95. The van der Waals surface area contributed by atoms with E-state index in [1.165, 1.54) is 0 Å². The van der Waals surface area contributed by atoms with Crippen molar-refractivity contribution in [2.24, 2.45) is 0 Å². The van der Waals surface area contributed by atoms with Crippen molar-refractivity contribution in [3.63, 3.8) is 0 Å². The molecule has 0 heterocycles. The molecule has 22 heavy (non-hydrogen) atoms. The van der Waals surface area contributed by atoms with Gasteiger partial charge in [-0.25, -0.2) is 0 Å². The molecule has 1 atom stereocenters. The van der Waals surface area contributed by atoms with E-state index in [9.17, 15) is 38.2 Å². The summed E-state index contributed by atoms with van der Waals surface area (Å²) in [5.74, 6) is 0. The molecule has 0 aromatic rings. The van der Waals surface area contributed by atoms with Gasteiger partial charge in [-0.3, -0.25) is 4.90 Å². The van der Waals surface area contributed by atoms with Crippen molar-refractivity contribution < 1.29 is 191 Å². The molecule has 0 aliphatic heterocycles. The summed E-state index contributed by atoms with van der Waals surface area (Å²) in [7, 11) is -15.5. The van der Waals surface area contributed by atoms with Crippen LogP contribution in [0.3, 0.4) is 0 Å². The number of rotatable bonds is 6. The maximum Gasteiger partial charge on any atom is 1.00 e. The summed E-state index contributed by atoms with van der Waals surface area (Å²) in [4.78, 5) is 59.9. The normalized spacial score (nSPS) is 12.7. The van der Waals surface area contributed by atoms with Crippen LogP contribution in [-0.4, -0.2) is 28.7 Å². The van der Waals surface area contributed by atoms with Gasteiger partial charge in [0.05, 0.1) is 6.29 Å². The Hall–Kier alpha value is 5.41. The average Bonchev–Trinajstić information content (AvgIpc) is 1.70. The molecule has 106 valence electrons. The van der Waals surface area contributed by atoms with Gasteiger partial charge >= 0.3 is 148 Å². The van der Waals surface area contributed by atoms with Crippen molar-refractivity contribution in [3.8, 4) is 0 Å². The van der Waals surface area contributed by atoms with Crippen LogP contribution in [0.2, 0.25) is 0 Å². The molecule has 0 saturated carbocycles. The van der Waals surface area contributed by atoms with Crippen molar-refractivity contribution in [2.45, 2.75) is 7.43 Å². The Morgan fingerprint density at radius 3 is 1.05 bits per heavy atom. The van der Waals surface area contributed by atoms with Crippen molar-refractivity contribution in [2.75, 3.05) is 18.9 Å². The van der Waals surface area contributed by atoms with E-state index in [4.69, 9.17) is 4.89 Å². The first-order valence-corrected chi connectivity index (χ1v) is 8.78. The first-order valence-electron chi connectivity index (χ1n) is 3.56. The first kappa shape index (κ1) is 45.9. The maximum atomic E-state index is 10.4. The molecule has 1 N–H and O–H groups in total. The third kappa shape index (κ3) is 36.3. The maximum absolute atomic E-state index is 10.4. The van der Waals surface area contributed by atoms with E-state index in [0.29, 0.717) is 0 Å². The third-order valence-electron chi connectivity index (χ3n) is 1.13. The zero-order chi connectivity index (χ0) is 13.2. The summed E-state index contributed by atoms with van der Waals surface area (Å²) in [5, 5.41) is 0. The zero-order valence-corrected chi connectivity index (χ0v) is 25.3. The van der Waals surface area contributed by atoms with Crippen LogP contribution in [0.4, 0.5) is 0 Å². The Kier molecular flexibility index (Phi) is 41.1. The molecule has 0 fully saturated rings. The van der Waals surface area contributed by atoms with Gasteiger partial charge in [-0.05, 0) is 0 Å². The molecule has 0 amide bonds. The van der Waals surface area contributed by atoms with Crippen LogP contribution in [0, 0.1) is 0 Å². The second kappa shape index (κ2) is 19.7. The molecule has 0 bridgehead atoms. The number of hydrogen-bond donors (Lipinski definition) is 1. The van der Waals surface area contributed by atoms with Gasteiger partial charge in [-0.15, -0.1) is 0 Å². The Morgan fingerprint density at radius 1 is 0.682 bits per heavy atom. The van der Waals surface area contributed by atoms with Gasteiger partial charge < -0.3 is 43.1 Å². The van der Waals surface area contributed by atoms with Crippen molar-refractivity contribution in [1.82, 2.24) is 4.90 Å². The van der Waals surface area contributed by atoms with Gasteiger partial charge in [-0.2, -0.15) is 0 Å². The predicted molar refractivity (Wildman–Crippen MR) is 48.2 cm³/mol. The van der Waals surface area contributed by atoms with Crippen LogP contribution in [-0.2, 0) is 13.7 Å². The van der Waals surface area contributed by atoms with Gasteiger partial charge in [0.2, 0.25) is 0 Å². The molecule has 1 unspecified atom stereocenters. The minimum atomic E-state index is -5.24. The van der Waals surface area contributed by atoms with E-state index in [0.717, 1.165) is 0 Å². The summed E-state index contributed by atoms with van der Waals surface area (Å²) in [6, 6.07) is 0. The molecule has 0 rings (SSSR count). The quantitative estimate of drug-likeness (QED) is 0.316. The standard InChI is InChI=1S/C3H12NO9P3.CH4.5Na/c5-14(6,7)1-4(2-15(8,9)10)3-16(11,12)13;;;;;;/h1-3H2,(H2,5,6,7)(H2,8,9,10)(H2,11,12,13);1H4;;;;;/q;;5*+1/p-5. The van der Waals surface area contributed by atoms with Gasteiger partial charge in [0.25, 0.3) is 0 Å². The van der Waals surface area contributed by atoms with E-state index in [2.05, 4.69) is 0 Å². The minimum absolute atomic E-state index is 0. The molecule has 0 saturated heterocycles. The monoisotopic (exact) mass is 425 g/mol. The fraction of sp³-hybridized carbons (Fsp3) is 1.00. The van der Waals surface area contributed by atoms with E-state index in [1.54, 1.807) is 0 Å². The molecule has 0 aromatic carbocycles. The van der Waals surface area contributed by atoms with Crippen LogP contribution in [0.15, 0.2) is 0 Å². The van der Waals surface area contributed by atoms with Gasteiger partial charge in [0, 0.05) is 12.6 Å². The number of hydrogen-bond acceptors (Lipinski definition) is 9. The van der Waals surface area contributed by atoms with Crippen molar-refractivity contribution in [1.29, 1.82) is 0 Å².